The van der Waals surface area contributed by atoms with Crippen LogP contribution in [0.1, 0.15) is 40.5 Å². The molecule has 12 heavy (non-hydrogen) atoms. The van der Waals surface area contributed by atoms with Crippen molar-refractivity contribution in [3.05, 3.63) is 0 Å². The lowest BCUT2D eigenvalue weighted by molar-refractivity contribution is 0.611. The van der Waals surface area contributed by atoms with Gasteiger partial charge in [0.1, 0.15) is 0 Å². The van der Waals surface area contributed by atoms with Crippen LogP contribution in [0.5, 0.6) is 0 Å². The fraction of sp³-hybridized carbons (Fsp3) is 1.00. The molecular formula is C10H23AlCl. The van der Waals surface area contributed by atoms with Crippen molar-refractivity contribution in [1.29, 1.82) is 0 Å². The third-order valence-corrected chi connectivity index (χ3v) is 3.38. The fourth-order valence-corrected chi connectivity index (χ4v) is 3.14. The average molecular weight is 206 g/mol. The van der Waals surface area contributed by atoms with Gasteiger partial charge in [-0.05, 0) is 11.8 Å². The van der Waals surface area contributed by atoms with Crippen LogP contribution in [-0.2, 0) is 0 Å². The van der Waals surface area contributed by atoms with Gasteiger partial charge in [-0.3, -0.25) is 0 Å². The van der Waals surface area contributed by atoms with Crippen LogP contribution in [0.25, 0.3) is 0 Å². The zero-order valence-corrected chi connectivity index (χ0v) is 10.9. The third-order valence-electron chi connectivity index (χ3n) is 1.90. The molecule has 0 saturated heterocycles. The van der Waals surface area contributed by atoms with E-state index >= 15 is 0 Å². The van der Waals surface area contributed by atoms with Crippen LogP contribution >= 0.6 is 12.4 Å². The minimum Gasteiger partial charge on any atom is -0.147 e. The van der Waals surface area contributed by atoms with Crippen LogP contribution in [0.4, 0.5) is 0 Å². The Bertz CT molecular complexity index is 71.9. The van der Waals surface area contributed by atoms with Gasteiger partial charge in [0.05, 0.1) is 0 Å². The summed E-state index contributed by atoms with van der Waals surface area (Å²) < 4.78 is 0. The van der Waals surface area contributed by atoms with Crippen LogP contribution in [0.2, 0.25) is 10.6 Å². The molecule has 0 unspecified atom stereocenters. The third kappa shape index (κ3) is 13.4. The summed E-state index contributed by atoms with van der Waals surface area (Å²) in [6, 6.07) is 0. The van der Waals surface area contributed by atoms with Crippen molar-refractivity contribution < 1.29 is 0 Å². The molecule has 0 bridgehead atoms. The Balaban J connectivity index is 0. The Hall–Kier alpha value is 0.822. The second-order valence-electron chi connectivity index (χ2n) is 4.23. The number of hydrogen-bond acceptors (Lipinski definition) is 0. The summed E-state index contributed by atoms with van der Waals surface area (Å²) in [5.74, 6) is 1.84. The number of halogens is 1. The molecule has 2 heteroatoms. The van der Waals surface area contributed by atoms with E-state index < -0.39 is 0 Å². The minimum atomic E-state index is 0. The van der Waals surface area contributed by atoms with Crippen molar-refractivity contribution in [2.45, 2.75) is 51.1 Å². The maximum atomic E-state index is 2.32. The minimum absolute atomic E-state index is 0. The van der Waals surface area contributed by atoms with Crippen LogP contribution < -0.4 is 0 Å². The molecule has 0 atom stereocenters. The molecule has 0 saturated carbocycles. The van der Waals surface area contributed by atoms with Gasteiger partial charge in [-0.2, -0.15) is 0 Å². The van der Waals surface area contributed by atoms with E-state index in [0.717, 1.165) is 27.1 Å². The topological polar surface area (TPSA) is 0 Å². The molecule has 0 N–H and O–H groups in total. The molecular weight excluding hydrogens is 183 g/mol. The van der Waals surface area contributed by atoms with E-state index in [-0.39, 0.29) is 12.4 Å². The molecule has 0 rings (SSSR count). The zero-order valence-electron chi connectivity index (χ0n) is 8.97. The molecule has 0 fully saturated rings. The lowest BCUT2D eigenvalue weighted by Crippen LogP contribution is -1.96. The molecule has 0 spiro atoms. The van der Waals surface area contributed by atoms with Gasteiger partial charge in [0, 0.05) is 0 Å². The zero-order chi connectivity index (χ0) is 8.69. The van der Waals surface area contributed by atoms with Crippen LogP contribution in [0.15, 0.2) is 0 Å². The van der Waals surface area contributed by atoms with Gasteiger partial charge in [0.15, 0.2) is 15.2 Å². The smallest absolute Gasteiger partial charge is 0.147 e. The van der Waals surface area contributed by atoms with Crippen molar-refractivity contribution >= 4 is 27.6 Å². The van der Waals surface area contributed by atoms with E-state index in [2.05, 4.69) is 27.7 Å². The average Bonchev–Trinajstić information content (AvgIpc) is 1.85. The van der Waals surface area contributed by atoms with Gasteiger partial charge in [0.2, 0.25) is 0 Å². The summed E-state index contributed by atoms with van der Waals surface area (Å²) in [5.41, 5.74) is 0. The maximum absolute atomic E-state index is 2.32. The van der Waals surface area contributed by atoms with Crippen LogP contribution in [0.3, 0.4) is 0 Å². The first-order valence-electron chi connectivity index (χ1n) is 4.94. The summed E-state index contributed by atoms with van der Waals surface area (Å²) in [7, 11) is 0. The van der Waals surface area contributed by atoms with Crippen molar-refractivity contribution in [3.63, 3.8) is 0 Å². The molecule has 0 aliphatic rings. The summed E-state index contributed by atoms with van der Waals surface area (Å²) in [6.07, 6.45) is 2.90. The monoisotopic (exact) mass is 205 g/mol. The summed E-state index contributed by atoms with van der Waals surface area (Å²) in [6.45, 7) is 9.29. The molecule has 73 valence electrons. The quantitative estimate of drug-likeness (QED) is 0.454. The van der Waals surface area contributed by atoms with Gasteiger partial charge in [-0.1, -0.05) is 40.5 Å². The van der Waals surface area contributed by atoms with E-state index in [1.54, 1.807) is 0 Å². The first-order chi connectivity index (χ1) is 5.13. The molecule has 0 heterocycles. The van der Waals surface area contributed by atoms with Gasteiger partial charge in [-0.15, -0.1) is 23.0 Å². The summed E-state index contributed by atoms with van der Waals surface area (Å²) in [4.78, 5) is 0. The molecule has 0 aromatic heterocycles. The van der Waals surface area contributed by atoms with E-state index in [0.29, 0.717) is 0 Å². The Morgan fingerprint density at radius 2 is 1.17 bits per heavy atom. The first kappa shape index (κ1) is 15.3. The molecule has 0 aliphatic carbocycles. The van der Waals surface area contributed by atoms with Crippen molar-refractivity contribution in [2.75, 3.05) is 0 Å². The lowest BCUT2D eigenvalue weighted by Gasteiger charge is -2.04. The van der Waals surface area contributed by atoms with Crippen molar-refractivity contribution in [2.24, 2.45) is 11.8 Å². The van der Waals surface area contributed by atoms with E-state index in [1.807, 2.05) is 0 Å². The summed E-state index contributed by atoms with van der Waals surface area (Å²) >= 11 is 0.772. The van der Waals surface area contributed by atoms with Crippen LogP contribution in [-0.4, -0.2) is 15.2 Å². The second-order valence-corrected chi connectivity index (χ2v) is 5.96. The number of hydrogen-bond donors (Lipinski definition) is 0. The highest BCUT2D eigenvalue weighted by atomic mass is 35.5. The number of rotatable bonds is 6. The van der Waals surface area contributed by atoms with Gasteiger partial charge >= 0.3 is 0 Å². The Labute approximate surface area is 90.6 Å². The van der Waals surface area contributed by atoms with E-state index in [4.69, 9.17) is 0 Å². The molecule has 0 amide bonds. The Morgan fingerprint density at radius 3 is 1.42 bits per heavy atom. The van der Waals surface area contributed by atoms with Gasteiger partial charge in [0.25, 0.3) is 0 Å². The molecule has 0 aromatic rings. The standard InChI is InChI=1S/2C5H11.Al.ClH/c2*1-4-5(2)3;;/h2*5H,1,4H2,2-3H3;;1H. The van der Waals surface area contributed by atoms with Crippen molar-refractivity contribution in [1.82, 2.24) is 0 Å². The van der Waals surface area contributed by atoms with Gasteiger partial charge < -0.3 is 0 Å². The fourth-order valence-electron chi connectivity index (χ4n) is 1.05. The van der Waals surface area contributed by atoms with Gasteiger partial charge in [-0.25, -0.2) is 0 Å². The predicted molar refractivity (Wildman–Crippen MR) is 61.5 cm³/mol. The van der Waals surface area contributed by atoms with E-state index in [9.17, 15) is 0 Å². The second kappa shape index (κ2) is 9.91. The molecule has 0 aliphatic heterocycles. The van der Waals surface area contributed by atoms with E-state index in [1.165, 1.54) is 23.4 Å². The molecule has 0 nitrogen and oxygen atoms in total. The lowest BCUT2D eigenvalue weighted by atomic mass is 10.2. The Morgan fingerprint density at radius 1 is 0.833 bits per heavy atom. The normalized spacial score (nSPS) is 10.2. The SMILES string of the molecule is CC(C)C[CH2][Al][CH2]CC(C)C.Cl. The van der Waals surface area contributed by atoms with Crippen LogP contribution in [0, 0.1) is 11.8 Å². The molecule has 1 radical (unpaired) electrons. The van der Waals surface area contributed by atoms with Crippen molar-refractivity contribution in [3.8, 4) is 0 Å². The predicted octanol–water partition coefficient (Wildman–Crippen LogP) is 4.04. The maximum Gasteiger partial charge on any atom is 0.199 e. The highest BCUT2D eigenvalue weighted by Crippen LogP contribution is 2.08. The highest BCUT2D eigenvalue weighted by molar-refractivity contribution is 6.35. The Kier molecular flexibility index (Phi) is 12.6. The summed E-state index contributed by atoms with van der Waals surface area (Å²) in [5, 5.41) is 3.04. The largest absolute Gasteiger partial charge is 0.199 e. The molecule has 0 aromatic carbocycles. The first-order valence-corrected chi connectivity index (χ1v) is 6.58. The highest BCUT2D eigenvalue weighted by Gasteiger charge is 1.98.